The van der Waals surface area contributed by atoms with E-state index in [1.165, 1.54) is 10.5 Å². The van der Waals surface area contributed by atoms with Crippen LogP contribution in [0.5, 0.6) is 0 Å². The van der Waals surface area contributed by atoms with Gasteiger partial charge in [0.1, 0.15) is 0 Å². The maximum absolute atomic E-state index is 11.8. The van der Waals surface area contributed by atoms with Crippen LogP contribution in [0.4, 0.5) is 0 Å². The molecule has 2 N–H and O–H groups in total. The predicted octanol–water partition coefficient (Wildman–Crippen LogP) is 1.59. The Morgan fingerprint density at radius 2 is 1.96 bits per heavy atom. The summed E-state index contributed by atoms with van der Waals surface area (Å²) in [5, 5.41) is 6.36. The number of guanidine groups is 1. The summed E-state index contributed by atoms with van der Waals surface area (Å²) in [6, 6.07) is 8.24. The molecule has 0 unspecified atom stereocenters. The van der Waals surface area contributed by atoms with Crippen LogP contribution in [-0.4, -0.2) is 42.3 Å². The van der Waals surface area contributed by atoms with E-state index in [0.29, 0.717) is 44.9 Å². The van der Waals surface area contributed by atoms with Gasteiger partial charge in [-0.15, -0.1) is 0 Å². The van der Waals surface area contributed by atoms with Gasteiger partial charge < -0.3 is 10.6 Å². The van der Waals surface area contributed by atoms with Crippen LogP contribution in [0.3, 0.4) is 0 Å². The predicted molar refractivity (Wildman–Crippen MR) is 94.6 cm³/mol. The fourth-order valence-corrected chi connectivity index (χ4v) is 2.66. The molecule has 0 bridgehead atoms. The average molecular weight is 330 g/mol. The fraction of sp³-hybridized carbons (Fsp3) is 0.500. The lowest BCUT2D eigenvalue weighted by molar-refractivity contribution is -0.147. The van der Waals surface area contributed by atoms with Gasteiger partial charge in [-0.1, -0.05) is 29.8 Å². The van der Waals surface area contributed by atoms with E-state index in [2.05, 4.69) is 34.7 Å². The highest BCUT2D eigenvalue weighted by Gasteiger charge is 2.25. The number of carbonyl (C=O) groups excluding carboxylic acids is 2. The Kier molecular flexibility index (Phi) is 6.78. The second-order valence-corrected chi connectivity index (χ2v) is 5.90. The summed E-state index contributed by atoms with van der Waals surface area (Å²) < 4.78 is 0. The van der Waals surface area contributed by atoms with E-state index < -0.39 is 0 Å². The molecule has 1 aromatic carbocycles. The van der Waals surface area contributed by atoms with E-state index in [4.69, 9.17) is 0 Å². The second kappa shape index (κ2) is 9.05. The van der Waals surface area contributed by atoms with E-state index in [9.17, 15) is 9.59 Å². The molecule has 2 amide bonds. The van der Waals surface area contributed by atoms with Gasteiger partial charge in [-0.3, -0.25) is 14.5 Å². The van der Waals surface area contributed by atoms with Crippen molar-refractivity contribution in [3.05, 3.63) is 35.4 Å². The molecule has 0 saturated carbocycles. The first kappa shape index (κ1) is 18.0. The van der Waals surface area contributed by atoms with Gasteiger partial charge in [0.15, 0.2) is 5.96 Å². The molecule has 0 spiro atoms. The quantitative estimate of drug-likeness (QED) is 0.472. The molecule has 1 heterocycles. The highest BCUT2D eigenvalue weighted by Crippen LogP contribution is 2.11. The summed E-state index contributed by atoms with van der Waals surface area (Å²) in [5.74, 6) is 0.542. The van der Waals surface area contributed by atoms with Crippen molar-refractivity contribution in [2.75, 3.05) is 19.6 Å². The Hall–Kier alpha value is -2.37. The minimum absolute atomic E-state index is 0.0743. The molecule has 6 heteroatoms. The normalized spacial score (nSPS) is 15.6. The molecular weight excluding hydrogens is 304 g/mol. The number of amides is 2. The lowest BCUT2D eigenvalue weighted by Crippen LogP contribution is -2.46. The summed E-state index contributed by atoms with van der Waals surface area (Å²) in [5.41, 5.74) is 2.36. The summed E-state index contributed by atoms with van der Waals surface area (Å²) in [6.45, 7) is 6.27. The van der Waals surface area contributed by atoms with Gasteiger partial charge in [-0.25, -0.2) is 4.99 Å². The Labute approximate surface area is 143 Å². The number of carbonyl (C=O) groups is 2. The van der Waals surface area contributed by atoms with E-state index >= 15 is 0 Å². The van der Waals surface area contributed by atoms with E-state index in [0.717, 1.165) is 12.1 Å². The molecule has 1 aromatic rings. The molecule has 1 fully saturated rings. The first-order valence-electron chi connectivity index (χ1n) is 8.51. The topological polar surface area (TPSA) is 73.8 Å². The van der Waals surface area contributed by atoms with Crippen molar-refractivity contribution in [3.8, 4) is 0 Å². The molecule has 2 rings (SSSR count). The number of hydrogen-bond donors (Lipinski definition) is 2. The summed E-state index contributed by atoms with van der Waals surface area (Å²) in [6.07, 6.45) is 1.60. The molecule has 0 aliphatic carbocycles. The standard InChI is InChI=1S/C18H26N4O2/c1-3-19-18(21-13-15-7-4-6-14(2)12-15)20-10-11-22-16(23)8-5-9-17(22)24/h4,6-7,12H,3,5,8-11,13H2,1-2H3,(H2,19,20,21). The van der Waals surface area contributed by atoms with Crippen LogP contribution in [0.2, 0.25) is 0 Å². The summed E-state index contributed by atoms with van der Waals surface area (Å²) in [7, 11) is 0. The number of likely N-dealkylation sites (tertiary alicyclic amines) is 1. The molecule has 0 aromatic heterocycles. The van der Waals surface area contributed by atoms with Gasteiger partial charge in [-0.2, -0.15) is 0 Å². The number of nitrogens with zero attached hydrogens (tertiary/aromatic N) is 2. The van der Waals surface area contributed by atoms with Crippen molar-refractivity contribution in [2.24, 2.45) is 4.99 Å². The van der Waals surface area contributed by atoms with Crippen LogP contribution in [0, 0.1) is 6.92 Å². The Bertz CT molecular complexity index is 597. The molecule has 1 aliphatic rings. The molecule has 1 aliphatic heterocycles. The van der Waals surface area contributed by atoms with Crippen molar-refractivity contribution in [3.63, 3.8) is 0 Å². The number of rotatable bonds is 6. The number of nitrogens with one attached hydrogen (secondary N) is 2. The highest BCUT2D eigenvalue weighted by molar-refractivity contribution is 5.97. The van der Waals surface area contributed by atoms with Crippen LogP contribution in [0.25, 0.3) is 0 Å². The lowest BCUT2D eigenvalue weighted by Gasteiger charge is -2.25. The zero-order chi connectivity index (χ0) is 17.4. The van der Waals surface area contributed by atoms with Gasteiger partial charge in [0.25, 0.3) is 0 Å². The Morgan fingerprint density at radius 3 is 2.62 bits per heavy atom. The molecular formula is C18H26N4O2. The van der Waals surface area contributed by atoms with Crippen molar-refractivity contribution < 1.29 is 9.59 Å². The number of aryl methyl sites for hydroxylation is 1. The maximum Gasteiger partial charge on any atom is 0.229 e. The largest absolute Gasteiger partial charge is 0.357 e. The molecule has 0 radical (unpaired) electrons. The van der Waals surface area contributed by atoms with Crippen molar-refractivity contribution >= 4 is 17.8 Å². The van der Waals surface area contributed by atoms with Crippen LogP contribution >= 0.6 is 0 Å². The van der Waals surface area contributed by atoms with Gasteiger partial charge in [-0.05, 0) is 25.8 Å². The SMILES string of the molecule is CCNC(=NCc1cccc(C)c1)NCCN1C(=O)CCCC1=O. The van der Waals surface area contributed by atoms with Crippen LogP contribution in [0.15, 0.2) is 29.3 Å². The average Bonchev–Trinajstić information content (AvgIpc) is 2.55. The van der Waals surface area contributed by atoms with Crippen LogP contribution in [-0.2, 0) is 16.1 Å². The van der Waals surface area contributed by atoms with E-state index in [1.54, 1.807) is 0 Å². The third-order valence-corrected chi connectivity index (χ3v) is 3.86. The zero-order valence-electron chi connectivity index (χ0n) is 14.5. The number of piperidine rings is 1. The van der Waals surface area contributed by atoms with Crippen molar-refractivity contribution in [1.82, 2.24) is 15.5 Å². The monoisotopic (exact) mass is 330 g/mol. The highest BCUT2D eigenvalue weighted by atomic mass is 16.2. The minimum atomic E-state index is -0.0743. The van der Waals surface area contributed by atoms with Crippen molar-refractivity contribution in [2.45, 2.75) is 39.7 Å². The minimum Gasteiger partial charge on any atom is -0.357 e. The third-order valence-electron chi connectivity index (χ3n) is 3.86. The second-order valence-electron chi connectivity index (χ2n) is 5.90. The number of hydrogen-bond acceptors (Lipinski definition) is 3. The number of benzene rings is 1. The fourth-order valence-electron chi connectivity index (χ4n) is 2.66. The Morgan fingerprint density at radius 1 is 1.21 bits per heavy atom. The molecule has 1 saturated heterocycles. The first-order valence-corrected chi connectivity index (χ1v) is 8.51. The number of imide groups is 1. The smallest absolute Gasteiger partial charge is 0.229 e. The van der Waals surface area contributed by atoms with Crippen LogP contribution in [0.1, 0.15) is 37.3 Å². The molecule has 0 atom stereocenters. The zero-order valence-corrected chi connectivity index (χ0v) is 14.5. The Balaban J connectivity index is 1.87. The van der Waals surface area contributed by atoms with E-state index in [-0.39, 0.29) is 11.8 Å². The lowest BCUT2D eigenvalue weighted by atomic mass is 10.1. The number of aliphatic imine (C=N–C) groups is 1. The summed E-state index contributed by atoms with van der Waals surface area (Å²) in [4.78, 5) is 29.5. The molecule has 24 heavy (non-hydrogen) atoms. The van der Waals surface area contributed by atoms with Crippen LogP contribution < -0.4 is 10.6 Å². The van der Waals surface area contributed by atoms with Gasteiger partial charge in [0, 0.05) is 32.5 Å². The van der Waals surface area contributed by atoms with E-state index in [1.807, 2.05) is 19.1 Å². The summed E-state index contributed by atoms with van der Waals surface area (Å²) >= 11 is 0. The van der Waals surface area contributed by atoms with Gasteiger partial charge >= 0.3 is 0 Å². The third kappa shape index (κ3) is 5.37. The first-order chi connectivity index (χ1) is 11.6. The molecule has 130 valence electrons. The molecule has 6 nitrogen and oxygen atoms in total. The van der Waals surface area contributed by atoms with Gasteiger partial charge in [0.2, 0.25) is 11.8 Å². The maximum atomic E-state index is 11.8. The van der Waals surface area contributed by atoms with Crippen molar-refractivity contribution in [1.29, 1.82) is 0 Å². The van der Waals surface area contributed by atoms with Gasteiger partial charge in [0.05, 0.1) is 6.54 Å².